The number of hydrogen-bond donors (Lipinski definition) is 2. The van der Waals surface area contributed by atoms with Crippen LogP contribution in [0.4, 0.5) is 0 Å². The van der Waals surface area contributed by atoms with Gasteiger partial charge in [-0.1, -0.05) is 6.07 Å². The van der Waals surface area contributed by atoms with Crippen LogP contribution >= 0.6 is 0 Å². The topological polar surface area (TPSA) is 84.9 Å². The Morgan fingerprint density at radius 3 is 2.57 bits per heavy atom. The molecule has 1 rings (SSSR count). The smallest absolute Gasteiger partial charge is 0.326 e. The van der Waals surface area contributed by atoms with E-state index in [0.29, 0.717) is 5.75 Å². The fraction of sp³-hybridized carbons (Fsp3) is 0.467. The monoisotopic (exact) mass is 295 g/mol. The van der Waals surface area contributed by atoms with E-state index in [2.05, 4.69) is 5.32 Å². The van der Waals surface area contributed by atoms with Crippen molar-refractivity contribution < 1.29 is 24.2 Å². The average Bonchev–Trinajstić information content (AvgIpc) is 2.44. The molecule has 21 heavy (non-hydrogen) atoms. The van der Waals surface area contributed by atoms with E-state index < -0.39 is 17.9 Å². The Balaban J connectivity index is 2.48. The maximum atomic E-state index is 11.7. The number of carbonyl (C=O) groups is 2. The van der Waals surface area contributed by atoms with E-state index in [1.807, 2.05) is 26.0 Å². The molecule has 0 aliphatic carbocycles. The number of ether oxygens (including phenoxy) is 2. The molecule has 0 radical (unpaired) electrons. The standard InChI is InChI=1S/C15H21NO5/c1-10-4-5-12(8-11(10)2)21-9-14(17)16-13(15(18)19)6-7-20-3/h4-5,8,13H,6-7,9H2,1-3H3,(H,16,17)(H,18,19). The molecule has 1 aromatic rings. The van der Waals surface area contributed by atoms with Crippen molar-refractivity contribution in [3.05, 3.63) is 29.3 Å². The lowest BCUT2D eigenvalue weighted by Crippen LogP contribution is -2.43. The third-order valence-electron chi connectivity index (χ3n) is 3.09. The van der Waals surface area contributed by atoms with Crippen LogP contribution in [0.15, 0.2) is 18.2 Å². The van der Waals surface area contributed by atoms with E-state index in [-0.39, 0.29) is 19.6 Å². The molecule has 1 atom stereocenters. The predicted octanol–water partition coefficient (Wildman–Crippen LogP) is 1.29. The second-order valence-corrected chi connectivity index (χ2v) is 4.77. The highest BCUT2D eigenvalue weighted by atomic mass is 16.5. The molecule has 1 amide bonds. The zero-order chi connectivity index (χ0) is 15.8. The molecular formula is C15H21NO5. The zero-order valence-electron chi connectivity index (χ0n) is 12.5. The summed E-state index contributed by atoms with van der Waals surface area (Å²) in [6, 6.07) is 4.54. The summed E-state index contributed by atoms with van der Waals surface area (Å²) in [7, 11) is 1.48. The molecule has 6 heteroatoms. The van der Waals surface area contributed by atoms with E-state index >= 15 is 0 Å². The van der Waals surface area contributed by atoms with Crippen molar-refractivity contribution in [1.82, 2.24) is 5.32 Å². The maximum Gasteiger partial charge on any atom is 0.326 e. The van der Waals surface area contributed by atoms with E-state index in [1.165, 1.54) is 7.11 Å². The van der Waals surface area contributed by atoms with Gasteiger partial charge in [0.2, 0.25) is 0 Å². The Labute approximate surface area is 124 Å². The highest BCUT2D eigenvalue weighted by Gasteiger charge is 2.19. The molecule has 0 fully saturated rings. The van der Waals surface area contributed by atoms with Crippen molar-refractivity contribution in [3.63, 3.8) is 0 Å². The van der Waals surface area contributed by atoms with E-state index in [4.69, 9.17) is 14.6 Å². The summed E-state index contributed by atoms with van der Waals surface area (Å²) in [5.41, 5.74) is 2.20. The number of carboxylic acids is 1. The molecule has 2 N–H and O–H groups in total. The maximum absolute atomic E-state index is 11.7. The van der Waals surface area contributed by atoms with Crippen LogP contribution in [-0.4, -0.2) is 43.3 Å². The van der Waals surface area contributed by atoms with Crippen LogP contribution in [-0.2, 0) is 14.3 Å². The summed E-state index contributed by atoms with van der Waals surface area (Å²) in [6.07, 6.45) is 0.210. The SMILES string of the molecule is COCCC(NC(=O)COc1ccc(C)c(C)c1)C(=O)O. The Morgan fingerprint density at radius 2 is 2.00 bits per heavy atom. The van der Waals surface area contributed by atoms with Crippen molar-refractivity contribution in [2.24, 2.45) is 0 Å². The summed E-state index contributed by atoms with van der Waals surface area (Å²) < 4.78 is 10.2. The van der Waals surface area contributed by atoms with Gasteiger partial charge in [-0.05, 0) is 37.1 Å². The number of rotatable bonds is 8. The van der Waals surface area contributed by atoms with Crippen LogP contribution in [0.25, 0.3) is 0 Å². The zero-order valence-corrected chi connectivity index (χ0v) is 12.5. The van der Waals surface area contributed by atoms with Gasteiger partial charge in [0, 0.05) is 20.1 Å². The van der Waals surface area contributed by atoms with Crippen LogP contribution in [0.2, 0.25) is 0 Å². The number of aliphatic carboxylic acids is 1. The number of carbonyl (C=O) groups excluding carboxylic acids is 1. The third kappa shape index (κ3) is 5.83. The second kappa shape index (κ2) is 8.26. The van der Waals surface area contributed by atoms with Gasteiger partial charge in [0.1, 0.15) is 11.8 Å². The van der Waals surface area contributed by atoms with Gasteiger partial charge in [0.15, 0.2) is 6.61 Å². The summed E-state index contributed by atoms with van der Waals surface area (Å²) in [6.45, 7) is 3.97. The molecule has 0 aliphatic heterocycles. The fourth-order valence-corrected chi connectivity index (χ4v) is 1.68. The van der Waals surface area contributed by atoms with Crippen LogP contribution in [0.1, 0.15) is 17.5 Å². The minimum absolute atomic E-state index is 0.210. The second-order valence-electron chi connectivity index (χ2n) is 4.77. The molecule has 116 valence electrons. The molecule has 0 bridgehead atoms. The first-order valence-corrected chi connectivity index (χ1v) is 6.65. The van der Waals surface area contributed by atoms with Gasteiger partial charge in [-0.15, -0.1) is 0 Å². The van der Waals surface area contributed by atoms with Crippen LogP contribution in [0.5, 0.6) is 5.75 Å². The number of hydrogen-bond acceptors (Lipinski definition) is 4. The largest absolute Gasteiger partial charge is 0.484 e. The average molecular weight is 295 g/mol. The number of benzene rings is 1. The number of amides is 1. The van der Waals surface area contributed by atoms with E-state index in [0.717, 1.165) is 11.1 Å². The lowest BCUT2D eigenvalue weighted by Gasteiger charge is -2.14. The molecule has 6 nitrogen and oxygen atoms in total. The molecule has 0 aromatic heterocycles. The predicted molar refractivity (Wildman–Crippen MR) is 77.5 cm³/mol. The number of carboxylic acid groups (broad SMARTS) is 1. The lowest BCUT2D eigenvalue weighted by molar-refractivity contribution is -0.142. The molecular weight excluding hydrogens is 274 g/mol. The van der Waals surface area contributed by atoms with Crippen molar-refractivity contribution >= 4 is 11.9 Å². The first-order chi connectivity index (χ1) is 9.93. The van der Waals surface area contributed by atoms with Crippen molar-refractivity contribution in [1.29, 1.82) is 0 Å². The van der Waals surface area contributed by atoms with Crippen LogP contribution in [0.3, 0.4) is 0 Å². The van der Waals surface area contributed by atoms with Gasteiger partial charge in [-0.2, -0.15) is 0 Å². The van der Waals surface area contributed by atoms with E-state index in [9.17, 15) is 9.59 Å². The normalized spacial score (nSPS) is 11.8. The highest BCUT2D eigenvalue weighted by molar-refractivity contribution is 5.84. The number of methoxy groups -OCH3 is 1. The van der Waals surface area contributed by atoms with Gasteiger partial charge < -0.3 is 19.9 Å². The van der Waals surface area contributed by atoms with Crippen molar-refractivity contribution in [3.8, 4) is 5.75 Å². The minimum atomic E-state index is -1.09. The molecule has 0 spiro atoms. The molecule has 0 saturated carbocycles. The summed E-state index contributed by atoms with van der Waals surface area (Å²) in [5.74, 6) is -0.986. The van der Waals surface area contributed by atoms with Gasteiger partial charge in [-0.25, -0.2) is 4.79 Å². The molecule has 1 unspecified atom stereocenters. The summed E-state index contributed by atoms with van der Waals surface area (Å²) >= 11 is 0. The highest BCUT2D eigenvalue weighted by Crippen LogP contribution is 2.16. The quantitative estimate of drug-likeness (QED) is 0.755. The van der Waals surface area contributed by atoms with Gasteiger partial charge in [0.05, 0.1) is 0 Å². The van der Waals surface area contributed by atoms with E-state index in [1.54, 1.807) is 6.07 Å². The van der Waals surface area contributed by atoms with Gasteiger partial charge in [0.25, 0.3) is 5.91 Å². The minimum Gasteiger partial charge on any atom is -0.484 e. The lowest BCUT2D eigenvalue weighted by atomic mass is 10.1. The van der Waals surface area contributed by atoms with Gasteiger partial charge >= 0.3 is 5.97 Å². The Hall–Kier alpha value is -2.08. The Morgan fingerprint density at radius 1 is 1.29 bits per heavy atom. The third-order valence-corrected chi connectivity index (χ3v) is 3.09. The van der Waals surface area contributed by atoms with Crippen LogP contribution in [0, 0.1) is 13.8 Å². The Bertz CT molecular complexity index is 501. The van der Waals surface area contributed by atoms with Gasteiger partial charge in [-0.3, -0.25) is 4.79 Å². The first kappa shape index (κ1) is 17.0. The van der Waals surface area contributed by atoms with Crippen molar-refractivity contribution in [2.75, 3.05) is 20.3 Å². The number of aryl methyl sites for hydroxylation is 2. The molecule has 1 aromatic carbocycles. The van der Waals surface area contributed by atoms with Crippen molar-refractivity contribution in [2.45, 2.75) is 26.3 Å². The molecule has 0 aliphatic rings. The summed E-state index contributed by atoms with van der Waals surface area (Å²) in [4.78, 5) is 22.7. The first-order valence-electron chi connectivity index (χ1n) is 6.65. The molecule has 0 saturated heterocycles. The van der Waals surface area contributed by atoms with Crippen LogP contribution < -0.4 is 10.1 Å². The Kier molecular flexibility index (Phi) is 6.68. The molecule has 0 heterocycles. The summed E-state index contributed by atoms with van der Waals surface area (Å²) in [5, 5.41) is 11.4. The number of nitrogens with one attached hydrogen (secondary N) is 1. The fourth-order valence-electron chi connectivity index (χ4n) is 1.68.